The molecule has 15 heavy (non-hydrogen) atoms. The average molecular weight is 212 g/mol. The van der Waals surface area contributed by atoms with Crippen molar-refractivity contribution in [3.63, 3.8) is 0 Å². The molecule has 0 aliphatic carbocycles. The highest BCUT2D eigenvalue weighted by atomic mass is 15.2. The van der Waals surface area contributed by atoms with E-state index in [4.69, 9.17) is 0 Å². The molecule has 0 bridgehead atoms. The highest BCUT2D eigenvalue weighted by molar-refractivity contribution is 4.89. The van der Waals surface area contributed by atoms with E-state index in [1.165, 1.54) is 45.3 Å². The maximum atomic E-state index is 3.31. The van der Waals surface area contributed by atoms with E-state index in [1.807, 2.05) is 0 Å². The van der Waals surface area contributed by atoms with Gasteiger partial charge in [0, 0.05) is 5.54 Å². The molecule has 90 valence electrons. The Morgan fingerprint density at radius 1 is 1.40 bits per heavy atom. The minimum absolute atomic E-state index is 0.412. The van der Waals surface area contributed by atoms with E-state index in [2.05, 4.69) is 38.0 Å². The molecule has 2 nitrogen and oxygen atoms in total. The van der Waals surface area contributed by atoms with Crippen LogP contribution in [0.1, 0.15) is 46.5 Å². The van der Waals surface area contributed by atoms with Crippen molar-refractivity contribution in [1.82, 2.24) is 10.2 Å². The number of nitrogens with zero attached hydrogens (tertiary/aromatic N) is 1. The molecule has 1 atom stereocenters. The summed E-state index contributed by atoms with van der Waals surface area (Å²) in [6.07, 6.45) is 5.37. The minimum atomic E-state index is 0.412. The molecule has 2 heteroatoms. The van der Waals surface area contributed by atoms with E-state index in [9.17, 15) is 0 Å². The van der Waals surface area contributed by atoms with Crippen molar-refractivity contribution in [3.8, 4) is 0 Å². The molecule has 1 aliphatic heterocycles. The van der Waals surface area contributed by atoms with Crippen LogP contribution in [0.25, 0.3) is 0 Å². The Kier molecular flexibility index (Phi) is 5.07. The highest BCUT2D eigenvalue weighted by Crippen LogP contribution is 2.31. The Morgan fingerprint density at radius 3 is 2.67 bits per heavy atom. The van der Waals surface area contributed by atoms with E-state index >= 15 is 0 Å². The second-order valence-corrected chi connectivity index (χ2v) is 5.57. The summed E-state index contributed by atoms with van der Waals surface area (Å²) in [5.41, 5.74) is 0.412. The summed E-state index contributed by atoms with van der Waals surface area (Å²) in [7, 11) is 2.07. The van der Waals surface area contributed by atoms with Gasteiger partial charge in [0.2, 0.25) is 0 Å². The van der Waals surface area contributed by atoms with Crippen LogP contribution in [0.3, 0.4) is 0 Å². The fourth-order valence-corrected chi connectivity index (χ4v) is 2.81. The lowest BCUT2D eigenvalue weighted by Gasteiger charge is -2.46. The zero-order chi connectivity index (χ0) is 11.3. The standard InChI is InChI=1S/C13H28N2/c1-5-6-8-15-9-7-12(11-14-4)10-13(15,2)3/h12,14H,5-11H2,1-4H3. The van der Waals surface area contributed by atoms with E-state index < -0.39 is 0 Å². The third-order valence-electron chi connectivity index (χ3n) is 3.73. The first kappa shape index (κ1) is 13.0. The molecule has 1 rings (SSSR count). The van der Waals surface area contributed by atoms with Crippen molar-refractivity contribution in [2.24, 2.45) is 5.92 Å². The lowest BCUT2D eigenvalue weighted by atomic mass is 9.82. The predicted molar refractivity (Wildman–Crippen MR) is 67.2 cm³/mol. The number of piperidine rings is 1. The largest absolute Gasteiger partial charge is 0.319 e. The van der Waals surface area contributed by atoms with Gasteiger partial charge in [0.1, 0.15) is 0 Å². The maximum Gasteiger partial charge on any atom is 0.0156 e. The minimum Gasteiger partial charge on any atom is -0.319 e. The van der Waals surface area contributed by atoms with Gasteiger partial charge < -0.3 is 5.32 Å². The SMILES string of the molecule is CCCCN1CCC(CNC)CC1(C)C. The van der Waals surface area contributed by atoms with Crippen LogP contribution >= 0.6 is 0 Å². The van der Waals surface area contributed by atoms with Gasteiger partial charge in [-0.2, -0.15) is 0 Å². The van der Waals surface area contributed by atoms with E-state index in [1.54, 1.807) is 0 Å². The van der Waals surface area contributed by atoms with Crippen LogP contribution in [0.2, 0.25) is 0 Å². The Bertz CT molecular complexity index is 177. The first-order valence-corrected chi connectivity index (χ1v) is 6.50. The molecule has 1 aliphatic rings. The van der Waals surface area contributed by atoms with Crippen LogP contribution in [-0.4, -0.2) is 37.1 Å². The molecule has 0 aromatic rings. The molecule has 0 amide bonds. The lowest BCUT2D eigenvalue weighted by molar-refractivity contribution is 0.0461. The monoisotopic (exact) mass is 212 g/mol. The summed E-state index contributed by atoms with van der Waals surface area (Å²) in [5.74, 6) is 0.878. The summed E-state index contributed by atoms with van der Waals surface area (Å²) < 4.78 is 0. The van der Waals surface area contributed by atoms with Crippen molar-refractivity contribution in [3.05, 3.63) is 0 Å². The van der Waals surface area contributed by atoms with Crippen LogP contribution < -0.4 is 5.32 Å². The molecule has 1 heterocycles. The molecular formula is C13H28N2. The zero-order valence-corrected chi connectivity index (χ0v) is 11.0. The summed E-state index contributed by atoms with van der Waals surface area (Å²) in [5, 5.41) is 3.31. The number of unbranched alkanes of at least 4 members (excludes halogenated alkanes) is 1. The number of nitrogens with one attached hydrogen (secondary N) is 1. The molecule has 0 aromatic heterocycles. The van der Waals surface area contributed by atoms with Gasteiger partial charge in [-0.15, -0.1) is 0 Å². The van der Waals surface area contributed by atoms with Crippen molar-refractivity contribution in [2.45, 2.75) is 52.0 Å². The normalized spacial score (nSPS) is 26.8. The van der Waals surface area contributed by atoms with Crippen LogP contribution in [0.5, 0.6) is 0 Å². The predicted octanol–water partition coefficient (Wildman–Crippen LogP) is 2.50. The van der Waals surface area contributed by atoms with Crippen LogP contribution in [0, 0.1) is 5.92 Å². The fraction of sp³-hybridized carbons (Fsp3) is 1.00. The quantitative estimate of drug-likeness (QED) is 0.753. The van der Waals surface area contributed by atoms with Crippen LogP contribution in [0.15, 0.2) is 0 Å². The van der Waals surface area contributed by atoms with Gasteiger partial charge in [0.15, 0.2) is 0 Å². The van der Waals surface area contributed by atoms with Gasteiger partial charge in [-0.05, 0) is 65.7 Å². The van der Waals surface area contributed by atoms with Crippen molar-refractivity contribution in [2.75, 3.05) is 26.7 Å². The van der Waals surface area contributed by atoms with Gasteiger partial charge in [-0.1, -0.05) is 13.3 Å². The fourth-order valence-electron chi connectivity index (χ4n) is 2.81. The van der Waals surface area contributed by atoms with Crippen molar-refractivity contribution < 1.29 is 0 Å². The molecule has 1 fully saturated rings. The van der Waals surface area contributed by atoms with Gasteiger partial charge in [0.25, 0.3) is 0 Å². The number of rotatable bonds is 5. The van der Waals surface area contributed by atoms with Gasteiger partial charge >= 0.3 is 0 Å². The second-order valence-electron chi connectivity index (χ2n) is 5.57. The van der Waals surface area contributed by atoms with E-state index in [0.29, 0.717) is 5.54 Å². The van der Waals surface area contributed by atoms with Gasteiger partial charge in [0.05, 0.1) is 0 Å². The summed E-state index contributed by atoms with van der Waals surface area (Å²) >= 11 is 0. The third-order valence-corrected chi connectivity index (χ3v) is 3.73. The summed E-state index contributed by atoms with van der Waals surface area (Å²) in [6, 6.07) is 0. The Balaban J connectivity index is 2.43. The van der Waals surface area contributed by atoms with E-state index in [-0.39, 0.29) is 0 Å². The lowest BCUT2D eigenvalue weighted by Crippen LogP contribution is -2.51. The zero-order valence-electron chi connectivity index (χ0n) is 11.0. The second kappa shape index (κ2) is 5.86. The molecule has 0 spiro atoms. The van der Waals surface area contributed by atoms with Crippen molar-refractivity contribution in [1.29, 1.82) is 0 Å². The summed E-state index contributed by atoms with van der Waals surface area (Å²) in [6.45, 7) is 10.9. The Labute approximate surface area is 95.4 Å². The number of hydrogen-bond acceptors (Lipinski definition) is 2. The molecule has 1 saturated heterocycles. The first-order valence-electron chi connectivity index (χ1n) is 6.50. The first-order chi connectivity index (χ1) is 7.10. The molecule has 1 N–H and O–H groups in total. The maximum absolute atomic E-state index is 3.31. The van der Waals surface area contributed by atoms with Crippen molar-refractivity contribution >= 4 is 0 Å². The topological polar surface area (TPSA) is 15.3 Å². The molecular weight excluding hydrogens is 184 g/mol. The third kappa shape index (κ3) is 3.76. The molecule has 0 aromatic carbocycles. The Hall–Kier alpha value is -0.0800. The smallest absolute Gasteiger partial charge is 0.0156 e. The molecule has 0 saturated carbocycles. The van der Waals surface area contributed by atoms with Crippen LogP contribution in [0.4, 0.5) is 0 Å². The van der Waals surface area contributed by atoms with Crippen LogP contribution in [-0.2, 0) is 0 Å². The number of hydrogen-bond donors (Lipinski definition) is 1. The number of likely N-dealkylation sites (tertiary alicyclic amines) is 1. The molecule has 0 radical (unpaired) electrons. The van der Waals surface area contributed by atoms with Gasteiger partial charge in [-0.3, -0.25) is 4.90 Å². The highest BCUT2D eigenvalue weighted by Gasteiger charge is 2.33. The van der Waals surface area contributed by atoms with E-state index in [0.717, 1.165) is 5.92 Å². The Morgan fingerprint density at radius 2 is 2.13 bits per heavy atom. The van der Waals surface area contributed by atoms with Gasteiger partial charge in [-0.25, -0.2) is 0 Å². The summed E-state index contributed by atoms with van der Waals surface area (Å²) in [4.78, 5) is 2.68. The molecule has 1 unspecified atom stereocenters. The average Bonchev–Trinajstić information content (AvgIpc) is 2.16.